The summed E-state index contributed by atoms with van der Waals surface area (Å²) in [6.07, 6.45) is -0.883. The Morgan fingerprint density at radius 3 is 3.12 bits per heavy atom. The molecule has 0 aliphatic heterocycles. The van der Waals surface area contributed by atoms with Crippen molar-refractivity contribution < 1.29 is 14.3 Å². The Morgan fingerprint density at radius 2 is 2.38 bits per heavy atom. The van der Waals surface area contributed by atoms with Gasteiger partial charge >= 0.3 is 0 Å². The van der Waals surface area contributed by atoms with Gasteiger partial charge in [-0.05, 0) is 38.2 Å². The second kappa shape index (κ2) is 4.58. The van der Waals surface area contributed by atoms with E-state index >= 15 is 0 Å². The summed E-state index contributed by atoms with van der Waals surface area (Å²) >= 11 is 0. The molecule has 1 N–H and O–H groups in total. The van der Waals surface area contributed by atoms with Gasteiger partial charge in [0.05, 0.1) is 11.2 Å². The maximum atomic E-state index is 8.21. The number of aromatic amines is 1. The van der Waals surface area contributed by atoms with Crippen LogP contribution >= 0.6 is 0 Å². The zero-order valence-corrected chi connectivity index (χ0v) is 9.16. The number of rotatable bonds is 4. The number of likely N-dealkylation sites (N-methyl/N-ethyl adjacent to an activating group) is 1. The summed E-state index contributed by atoms with van der Waals surface area (Å²) in [5.41, 5.74) is 0.631. The van der Waals surface area contributed by atoms with Crippen LogP contribution in [0.1, 0.15) is 15.2 Å². The number of methoxy groups -OCH3 is 1. The minimum Gasteiger partial charge on any atom is -0.497 e. The van der Waals surface area contributed by atoms with Crippen LogP contribution in [0.25, 0.3) is 10.9 Å². The molecule has 0 unspecified atom stereocenters. The second-order valence-electron chi connectivity index (χ2n) is 3.64. The molecule has 0 aliphatic carbocycles. The van der Waals surface area contributed by atoms with E-state index in [0.29, 0.717) is 10.9 Å². The largest absolute Gasteiger partial charge is 0.497 e. The predicted octanol–water partition coefficient (Wildman–Crippen LogP) is 2.28. The van der Waals surface area contributed by atoms with Crippen molar-refractivity contribution in [3.8, 4) is 5.75 Å². The summed E-state index contributed by atoms with van der Waals surface area (Å²) in [5.74, 6) is 0.127. The Kier molecular flexibility index (Phi) is 1.50. The molecular weight excluding hydrogens is 200 g/mol. The SMILES string of the molecule is [2H]C([2H])([2H])Oc1ccc2c(C([2H])([2H])C([2H])([2H])N(C)C)c[nH]c2c1. The summed E-state index contributed by atoms with van der Waals surface area (Å²) < 4.78 is 58.5. The monoisotopic (exact) mass is 225 g/mol. The van der Waals surface area contributed by atoms with Crippen LogP contribution in [0.5, 0.6) is 5.75 Å². The van der Waals surface area contributed by atoms with Crippen molar-refractivity contribution in [3.05, 3.63) is 30.0 Å². The lowest BCUT2D eigenvalue weighted by Gasteiger charge is -2.08. The van der Waals surface area contributed by atoms with Gasteiger partial charge in [0.1, 0.15) is 5.75 Å². The molecule has 0 amide bonds. The molecule has 3 nitrogen and oxygen atoms in total. The standard InChI is InChI=1S/C13H18N2O/c1-15(2)7-6-10-9-14-13-8-11(16-3)4-5-12(10)13/h4-5,8-9,14H,6-7H2,1-3H3/i3D3,6D2,7D2. The molecule has 2 rings (SSSR count). The van der Waals surface area contributed by atoms with Crippen molar-refractivity contribution >= 4 is 10.9 Å². The van der Waals surface area contributed by atoms with Crippen molar-refractivity contribution in [1.29, 1.82) is 0 Å². The molecule has 2 aromatic rings. The zero-order valence-electron chi connectivity index (χ0n) is 16.2. The third-order valence-corrected chi connectivity index (χ3v) is 2.19. The molecule has 1 aromatic heterocycles. The third-order valence-electron chi connectivity index (χ3n) is 2.19. The Hall–Kier alpha value is -1.48. The quantitative estimate of drug-likeness (QED) is 0.864. The van der Waals surface area contributed by atoms with E-state index in [2.05, 4.69) is 4.98 Å². The average molecular weight is 225 g/mol. The Morgan fingerprint density at radius 1 is 1.50 bits per heavy atom. The van der Waals surface area contributed by atoms with Crippen LogP contribution in [-0.4, -0.2) is 37.5 Å². The summed E-state index contributed by atoms with van der Waals surface area (Å²) in [4.78, 5) is 4.02. The van der Waals surface area contributed by atoms with E-state index in [1.165, 1.54) is 43.4 Å². The molecule has 16 heavy (non-hydrogen) atoms. The molecule has 0 fully saturated rings. The molecule has 3 heteroatoms. The van der Waals surface area contributed by atoms with E-state index in [9.17, 15) is 0 Å². The highest BCUT2D eigenvalue weighted by molar-refractivity contribution is 5.84. The topological polar surface area (TPSA) is 28.3 Å². The van der Waals surface area contributed by atoms with Gasteiger partial charge < -0.3 is 14.6 Å². The number of aromatic nitrogens is 1. The van der Waals surface area contributed by atoms with Crippen LogP contribution in [0.4, 0.5) is 0 Å². The minimum atomic E-state index is -2.57. The molecule has 1 heterocycles. The summed E-state index contributed by atoms with van der Waals surface area (Å²) in [7, 11) is 0.365. The minimum absolute atomic E-state index is 0.127. The maximum absolute atomic E-state index is 8.21. The Bertz CT molecular complexity index is 706. The number of nitrogens with one attached hydrogen (secondary N) is 1. The van der Waals surface area contributed by atoms with Crippen molar-refractivity contribution in [1.82, 2.24) is 9.88 Å². The summed E-state index contributed by atoms with van der Waals surface area (Å²) in [5, 5.41) is 0.471. The number of fused-ring (bicyclic) bond motifs is 1. The van der Waals surface area contributed by atoms with Gasteiger partial charge in [0.25, 0.3) is 0 Å². The fourth-order valence-corrected chi connectivity index (χ4v) is 1.44. The predicted molar refractivity (Wildman–Crippen MR) is 67.1 cm³/mol. The van der Waals surface area contributed by atoms with Gasteiger partial charge in [0.15, 0.2) is 0 Å². The number of nitrogens with zero attached hydrogens (tertiary/aromatic N) is 1. The first kappa shape index (κ1) is 5.23. The third kappa shape index (κ3) is 2.19. The van der Waals surface area contributed by atoms with Crippen molar-refractivity contribution in [2.75, 3.05) is 27.6 Å². The van der Waals surface area contributed by atoms with Crippen LogP contribution in [0.15, 0.2) is 24.4 Å². The lowest BCUT2D eigenvalue weighted by molar-refractivity contribution is 0.414. The number of H-pyrrole nitrogens is 1. The fraction of sp³-hybridized carbons (Fsp3) is 0.385. The normalized spacial score (nSPS) is 20.3. The van der Waals surface area contributed by atoms with E-state index in [1.807, 2.05) is 0 Å². The molecule has 86 valence electrons. The van der Waals surface area contributed by atoms with Gasteiger partial charge in [-0.1, -0.05) is 0 Å². The molecule has 0 bridgehead atoms. The van der Waals surface area contributed by atoms with Crippen LogP contribution in [0, 0.1) is 0 Å². The number of benzene rings is 1. The number of ether oxygens (including phenoxy) is 1. The first-order valence-electron chi connectivity index (χ1n) is 8.34. The maximum Gasteiger partial charge on any atom is 0.120 e. The van der Waals surface area contributed by atoms with Gasteiger partial charge in [-0.15, -0.1) is 0 Å². The van der Waals surface area contributed by atoms with Gasteiger partial charge in [-0.25, -0.2) is 0 Å². The Labute approximate surface area is 106 Å². The fourth-order valence-electron chi connectivity index (χ4n) is 1.44. The summed E-state index contributed by atoms with van der Waals surface area (Å²) in [6.45, 7) is -2.23. The molecule has 0 saturated heterocycles. The molecule has 0 saturated carbocycles. The van der Waals surface area contributed by atoms with Crippen molar-refractivity contribution in [2.24, 2.45) is 0 Å². The lowest BCUT2D eigenvalue weighted by atomic mass is 10.1. The average Bonchev–Trinajstić information content (AvgIpc) is 2.79. The van der Waals surface area contributed by atoms with Crippen LogP contribution < -0.4 is 4.74 Å². The highest BCUT2D eigenvalue weighted by Gasteiger charge is 2.04. The number of aryl methyl sites for hydroxylation is 1. The van der Waals surface area contributed by atoms with E-state index in [-0.39, 0.29) is 11.3 Å². The van der Waals surface area contributed by atoms with E-state index < -0.39 is 19.9 Å². The van der Waals surface area contributed by atoms with Crippen molar-refractivity contribution in [3.63, 3.8) is 0 Å². The number of hydrogen-bond acceptors (Lipinski definition) is 2. The smallest absolute Gasteiger partial charge is 0.120 e. The molecule has 1 aromatic carbocycles. The summed E-state index contributed by atoms with van der Waals surface area (Å²) in [6, 6.07) is 4.39. The first-order valence-corrected chi connectivity index (χ1v) is 4.84. The Balaban J connectivity index is 2.48. The molecule has 0 radical (unpaired) electrons. The van der Waals surface area contributed by atoms with Gasteiger partial charge in [0.2, 0.25) is 0 Å². The first-order chi connectivity index (χ1) is 10.4. The molecular formula is C13H18N2O. The van der Waals surface area contributed by atoms with E-state index in [1.54, 1.807) is 0 Å². The molecule has 0 spiro atoms. The van der Waals surface area contributed by atoms with Gasteiger partial charge in [-0.3, -0.25) is 0 Å². The van der Waals surface area contributed by atoms with Crippen molar-refractivity contribution in [2.45, 2.75) is 6.37 Å². The van der Waals surface area contributed by atoms with Gasteiger partial charge in [0, 0.05) is 35.1 Å². The highest BCUT2D eigenvalue weighted by atomic mass is 16.5. The number of hydrogen-bond donors (Lipinski definition) is 1. The van der Waals surface area contributed by atoms with E-state index in [0.717, 1.165) is 0 Å². The molecule has 0 atom stereocenters. The van der Waals surface area contributed by atoms with Crippen LogP contribution in [0.3, 0.4) is 0 Å². The van der Waals surface area contributed by atoms with Crippen LogP contribution in [-0.2, 0) is 6.37 Å². The second-order valence-corrected chi connectivity index (χ2v) is 3.64. The lowest BCUT2D eigenvalue weighted by Crippen LogP contribution is -2.14. The molecule has 0 aliphatic rings. The zero-order chi connectivity index (χ0) is 17.6. The van der Waals surface area contributed by atoms with Crippen LogP contribution in [0.2, 0.25) is 0 Å². The van der Waals surface area contributed by atoms with Gasteiger partial charge in [-0.2, -0.15) is 0 Å². The highest BCUT2D eigenvalue weighted by Crippen LogP contribution is 2.23. The van der Waals surface area contributed by atoms with E-state index in [4.69, 9.17) is 14.3 Å².